The van der Waals surface area contributed by atoms with E-state index in [0.29, 0.717) is 17.7 Å². The molecule has 0 spiro atoms. The van der Waals surface area contributed by atoms with Crippen molar-refractivity contribution < 1.29 is 74.5 Å². The van der Waals surface area contributed by atoms with Gasteiger partial charge in [-0.15, -0.1) is 0 Å². The number of ether oxygens (including phenoxy) is 4. The van der Waals surface area contributed by atoms with Crippen molar-refractivity contribution >= 4 is 18.0 Å². The first-order valence-corrected chi connectivity index (χ1v) is 12.9. The van der Waals surface area contributed by atoms with Gasteiger partial charge in [0.25, 0.3) is 0 Å². The molecule has 15 nitrogen and oxygen atoms in total. The van der Waals surface area contributed by atoms with E-state index in [1.165, 1.54) is 12.1 Å². The summed E-state index contributed by atoms with van der Waals surface area (Å²) < 4.78 is 22.1. The number of allylic oxidation sites excluding steroid dienone is 1. The van der Waals surface area contributed by atoms with Crippen LogP contribution in [0.25, 0.3) is 17.2 Å². The topological polar surface area (TPSA) is 253 Å². The molecule has 2 heterocycles. The Morgan fingerprint density at radius 2 is 1.32 bits per heavy atom. The highest BCUT2D eigenvalue weighted by atomic mass is 16.7. The molecular formula is C29H26O15. The fraction of sp³-hybridized carbons (Fsp3) is 0.241. The van der Waals surface area contributed by atoms with E-state index in [9.17, 15) is 55.5 Å². The minimum atomic E-state index is -1.97. The largest absolute Gasteiger partial charge is 0.504 e. The van der Waals surface area contributed by atoms with Gasteiger partial charge in [0.15, 0.2) is 52.8 Å². The van der Waals surface area contributed by atoms with Crippen molar-refractivity contribution in [2.24, 2.45) is 0 Å². The molecule has 0 aromatic heterocycles. The quantitative estimate of drug-likeness (QED) is 0.149. The van der Waals surface area contributed by atoms with E-state index in [4.69, 9.17) is 18.9 Å². The third-order valence-electron chi connectivity index (χ3n) is 7.06. The first-order chi connectivity index (χ1) is 20.9. The fourth-order valence-electron chi connectivity index (χ4n) is 4.96. The molecule has 15 heteroatoms. The lowest BCUT2D eigenvalue weighted by Crippen LogP contribution is -2.62. The number of phenolic OH excluding ortho intramolecular Hbond substituents is 7. The minimum absolute atomic E-state index is 0.170. The molecule has 5 rings (SSSR count). The number of hydrogen-bond acceptors (Lipinski definition) is 15. The van der Waals surface area contributed by atoms with Crippen LogP contribution >= 0.6 is 0 Å². The number of benzene rings is 3. The van der Waals surface area contributed by atoms with Crippen LogP contribution in [0.2, 0.25) is 0 Å². The van der Waals surface area contributed by atoms with E-state index >= 15 is 0 Å². The normalized spacial score (nSPS) is 23.2. The summed E-state index contributed by atoms with van der Waals surface area (Å²) in [7, 11) is 0. The number of aliphatic hydroxyl groups excluding tert-OH is 2. The molecule has 1 saturated heterocycles. The molecule has 3 aromatic rings. The Kier molecular flexibility index (Phi) is 7.77. The maximum atomic E-state index is 13.5. The number of hydrogen-bond donors (Lipinski definition) is 9. The predicted molar refractivity (Wildman–Crippen MR) is 145 cm³/mol. The van der Waals surface area contributed by atoms with Gasteiger partial charge >= 0.3 is 11.9 Å². The monoisotopic (exact) mass is 614 g/mol. The zero-order chi connectivity index (χ0) is 32.0. The van der Waals surface area contributed by atoms with Gasteiger partial charge in [-0.2, -0.15) is 0 Å². The molecule has 0 bridgehead atoms. The summed E-state index contributed by atoms with van der Waals surface area (Å²) >= 11 is 0. The van der Waals surface area contributed by atoms with Gasteiger partial charge in [-0.3, -0.25) is 0 Å². The Morgan fingerprint density at radius 1 is 0.773 bits per heavy atom. The minimum Gasteiger partial charge on any atom is -0.504 e. The molecular weight excluding hydrogens is 588 g/mol. The van der Waals surface area contributed by atoms with Gasteiger partial charge in [-0.1, -0.05) is 18.2 Å². The van der Waals surface area contributed by atoms with E-state index in [1.807, 2.05) is 0 Å². The van der Waals surface area contributed by atoms with E-state index in [-0.39, 0.29) is 11.5 Å². The molecule has 9 N–H and O–H groups in total. The van der Waals surface area contributed by atoms with Crippen molar-refractivity contribution in [1.82, 2.24) is 0 Å². The van der Waals surface area contributed by atoms with E-state index < -0.39 is 106 Å². The number of phenols is 7. The molecule has 0 saturated carbocycles. The third kappa shape index (κ3) is 4.98. The number of aromatic hydroxyl groups is 7. The van der Waals surface area contributed by atoms with Gasteiger partial charge in [0.2, 0.25) is 17.8 Å². The first-order valence-electron chi connectivity index (χ1n) is 12.9. The van der Waals surface area contributed by atoms with Gasteiger partial charge in [-0.25, -0.2) is 9.59 Å². The van der Waals surface area contributed by atoms with Gasteiger partial charge < -0.3 is 64.9 Å². The van der Waals surface area contributed by atoms with Crippen LogP contribution in [0.5, 0.6) is 46.0 Å². The first kappa shape index (κ1) is 30.1. The molecule has 0 unspecified atom stereocenters. The van der Waals surface area contributed by atoms with E-state index in [2.05, 4.69) is 0 Å². The van der Waals surface area contributed by atoms with Gasteiger partial charge in [0.05, 0.1) is 17.7 Å². The molecule has 0 amide bonds. The Hall–Kier alpha value is -5.38. The Balaban J connectivity index is 1.64. The molecule has 0 aliphatic carbocycles. The Labute approximate surface area is 247 Å². The summed E-state index contributed by atoms with van der Waals surface area (Å²) in [6, 6.07) is 5.54. The Morgan fingerprint density at radius 3 is 1.82 bits per heavy atom. The van der Waals surface area contributed by atoms with Crippen LogP contribution in [-0.2, 0) is 14.2 Å². The highest BCUT2D eigenvalue weighted by molar-refractivity contribution is 6.08. The lowest BCUT2D eigenvalue weighted by atomic mass is 9.91. The van der Waals surface area contributed by atoms with Crippen LogP contribution < -0.4 is 4.74 Å². The summed E-state index contributed by atoms with van der Waals surface area (Å²) in [5.74, 6) is -10.2. The summed E-state index contributed by atoms with van der Waals surface area (Å²) in [5.41, 5.74) is -2.54. The molecule has 3 aromatic carbocycles. The number of esters is 2. The second-order valence-electron chi connectivity index (χ2n) is 9.83. The number of aliphatic hydroxyl groups is 2. The maximum absolute atomic E-state index is 13.5. The van der Waals surface area contributed by atoms with Crippen molar-refractivity contribution in [1.29, 1.82) is 0 Å². The van der Waals surface area contributed by atoms with Crippen molar-refractivity contribution in [2.45, 2.75) is 37.6 Å². The standard InChI is InChI=1S/C29H26O15/c1-2-3-10-4-5-16(13(31)6-10)41-29-24(38)26-25(17(9-30)42-29)43-27(39)11-7-14(32)20(34)22(36)18(11)19-12(28(40)44-26)8-15(33)21(35)23(19)37/h2-8,17,24-26,29-38H,9H2,1H3/b3-2+/t17-,24-,25-,26-,29-/m1/s1. The molecule has 44 heavy (non-hydrogen) atoms. The average Bonchev–Trinajstić information content (AvgIpc) is 2.98. The summed E-state index contributed by atoms with van der Waals surface area (Å²) in [5, 5.41) is 93.8. The van der Waals surface area contributed by atoms with Gasteiger partial charge in [0, 0.05) is 11.1 Å². The van der Waals surface area contributed by atoms with Crippen molar-refractivity contribution in [3.05, 3.63) is 53.1 Å². The van der Waals surface area contributed by atoms with Crippen molar-refractivity contribution in [3.8, 4) is 57.1 Å². The zero-order valence-corrected chi connectivity index (χ0v) is 22.6. The van der Waals surface area contributed by atoms with Crippen LogP contribution in [0.4, 0.5) is 0 Å². The third-order valence-corrected chi connectivity index (χ3v) is 7.06. The average molecular weight is 615 g/mol. The molecule has 1 fully saturated rings. The number of carbonyl (C=O) groups excluding carboxylic acids is 2. The predicted octanol–water partition coefficient (Wildman–Crippen LogP) is 1.55. The number of fused-ring (bicyclic) bond motifs is 4. The van der Waals surface area contributed by atoms with Crippen LogP contribution in [0.3, 0.4) is 0 Å². The van der Waals surface area contributed by atoms with Crippen LogP contribution in [0.1, 0.15) is 33.2 Å². The lowest BCUT2D eigenvalue weighted by Gasteiger charge is -2.43. The molecule has 2 aliphatic rings. The number of rotatable bonds is 4. The molecule has 232 valence electrons. The van der Waals surface area contributed by atoms with E-state index in [0.717, 1.165) is 0 Å². The lowest BCUT2D eigenvalue weighted by molar-refractivity contribution is -0.276. The van der Waals surface area contributed by atoms with Crippen molar-refractivity contribution in [3.63, 3.8) is 0 Å². The maximum Gasteiger partial charge on any atom is 0.339 e. The van der Waals surface area contributed by atoms with E-state index in [1.54, 1.807) is 25.1 Å². The number of carbonyl (C=O) groups is 2. The van der Waals surface area contributed by atoms with Gasteiger partial charge in [-0.05, 0) is 36.8 Å². The fourth-order valence-corrected chi connectivity index (χ4v) is 4.96. The summed E-state index contributed by atoms with van der Waals surface area (Å²) in [6.45, 7) is 0.875. The van der Waals surface area contributed by atoms with Crippen LogP contribution in [-0.4, -0.2) is 95.2 Å². The van der Waals surface area contributed by atoms with Crippen molar-refractivity contribution in [2.75, 3.05) is 6.61 Å². The highest BCUT2D eigenvalue weighted by Crippen LogP contribution is 2.53. The molecule has 5 atom stereocenters. The highest BCUT2D eigenvalue weighted by Gasteiger charge is 2.52. The second-order valence-corrected chi connectivity index (χ2v) is 9.83. The Bertz CT molecular complexity index is 1680. The second kappa shape index (κ2) is 11.4. The molecule has 0 radical (unpaired) electrons. The smallest absolute Gasteiger partial charge is 0.339 e. The molecule has 2 aliphatic heterocycles. The SMILES string of the molecule is C/C=C/c1ccc(O[C@@H]2O[C@H](CO)[C@H]3OC(=O)c4cc(O)c(O)c(O)c4-c4c(cc(O)c(O)c4O)C(=O)O[C@@H]3[C@H]2O)c(O)c1. The summed E-state index contributed by atoms with van der Waals surface area (Å²) in [6.07, 6.45) is -5.48. The zero-order valence-electron chi connectivity index (χ0n) is 22.6. The van der Waals surface area contributed by atoms with Gasteiger partial charge in [0.1, 0.15) is 6.10 Å². The van der Waals surface area contributed by atoms with Crippen LogP contribution in [0, 0.1) is 0 Å². The van der Waals surface area contributed by atoms with Crippen LogP contribution in [0.15, 0.2) is 36.4 Å². The summed E-state index contributed by atoms with van der Waals surface area (Å²) in [4.78, 5) is 27.0.